The van der Waals surface area contributed by atoms with Gasteiger partial charge >= 0.3 is 0 Å². The van der Waals surface area contributed by atoms with E-state index in [1.165, 1.54) is 6.07 Å². The van der Waals surface area contributed by atoms with Crippen molar-refractivity contribution in [3.8, 4) is 0 Å². The number of carbonyl (C=O) groups is 1. The fourth-order valence-corrected chi connectivity index (χ4v) is 3.60. The third kappa shape index (κ3) is 3.20. The quantitative estimate of drug-likeness (QED) is 0.860. The van der Waals surface area contributed by atoms with Gasteiger partial charge in [0, 0.05) is 19.3 Å². The van der Waals surface area contributed by atoms with Crippen LogP contribution >= 0.6 is 0 Å². The molecule has 4 nitrogen and oxygen atoms in total. The van der Waals surface area contributed by atoms with Crippen molar-refractivity contribution in [3.63, 3.8) is 0 Å². The molecule has 110 valence electrons. The molecule has 1 atom stereocenters. The van der Waals surface area contributed by atoms with Gasteiger partial charge in [0.1, 0.15) is 0 Å². The standard InChI is InChI=1S/C15H21NO3S/c1-3-12-7-6-10-16(11-12)15(17)13-8-4-5-9-14(13)20(2,18)19/h4-5,8-9,12H,3,6-7,10-11H2,1-2H3. The Morgan fingerprint density at radius 3 is 2.70 bits per heavy atom. The minimum absolute atomic E-state index is 0.128. The third-order valence-corrected chi connectivity index (χ3v) is 5.06. The van der Waals surface area contributed by atoms with E-state index < -0.39 is 9.84 Å². The molecule has 0 saturated carbocycles. The number of likely N-dealkylation sites (tertiary alicyclic amines) is 1. The zero-order valence-electron chi connectivity index (χ0n) is 12.0. The number of sulfone groups is 1. The zero-order chi connectivity index (χ0) is 14.8. The number of carbonyl (C=O) groups excluding carboxylic acids is 1. The molecule has 20 heavy (non-hydrogen) atoms. The monoisotopic (exact) mass is 295 g/mol. The lowest BCUT2D eigenvalue weighted by Gasteiger charge is -2.32. The Balaban J connectivity index is 2.30. The van der Waals surface area contributed by atoms with Crippen molar-refractivity contribution < 1.29 is 13.2 Å². The van der Waals surface area contributed by atoms with E-state index in [9.17, 15) is 13.2 Å². The zero-order valence-corrected chi connectivity index (χ0v) is 12.8. The van der Waals surface area contributed by atoms with Crippen LogP contribution in [0.5, 0.6) is 0 Å². The van der Waals surface area contributed by atoms with Crippen molar-refractivity contribution in [1.29, 1.82) is 0 Å². The van der Waals surface area contributed by atoms with Crippen molar-refractivity contribution in [2.45, 2.75) is 31.1 Å². The first kappa shape index (κ1) is 15.0. The van der Waals surface area contributed by atoms with Crippen LogP contribution in [-0.4, -0.2) is 38.6 Å². The lowest BCUT2D eigenvalue weighted by Crippen LogP contribution is -2.40. The maximum atomic E-state index is 12.6. The van der Waals surface area contributed by atoms with Crippen LogP contribution in [0.1, 0.15) is 36.5 Å². The molecule has 1 aromatic rings. The second kappa shape index (κ2) is 5.95. The van der Waals surface area contributed by atoms with Crippen LogP contribution in [0.4, 0.5) is 0 Å². The fourth-order valence-electron chi connectivity index (χ4n) is 2.72. The molecule has 1 aromatic carbocycles. The summed E-state index contributed by atoms with van der Waals surface area (Å²) in [6.07, 6.45) is 4.33. The molecule has 0 aliphatic carbocycles. The van der Waals surface area contributed by atoms with Crippen LogP contribution in [0.25, 0.3) is 0 Å². The Bertz CT molecular complexity index is 595. The van der Waals surface area contributed by atoms with Gasteiger partial charge in [-0.1, -0.05) is 25.5 Å². The van der Waals surface area contributed by atoms with Crippen molar-refractivity contribution in [2.24, 2.45) is 5.92 Å². The first-order chi connectivity index (χ1) is 9.43. The molecular formula is C15H21NO3S. The van der Waals surface area contributed by atoms with E-state index in [1.54, 1.807) is 23.1 Å². The highest BCUT2D eigenvalue weighted by molar-refractivity contribution is 7.90. The number of hydrogen-bond acceptors (Lipinski definition) is 3. The lowest BCUT2D eigenvalue weighted by molar-refractivity contribution is 0.0667. The fraction of sp³-hybridized carbons (Fsp3) is 0.533. The minimum Gasteiger partial charge on any atom is -0.338 e. The minimum atomic E-state index is -3.38. The summed E-state index contributed by atoms with van der Waals surface area (Å²) < 4.78 is 23.6. The van der Waals surface area contributed by atoms with E-state index >= 15 is 0 Å². The van der Waals surface area contributed by atoms with E-state index in [2.05, 4.69) is 6.92 Å². The molecule has 1 heterocycles. The number of nitrogens with zero attached hydrogens (tertiary/aromatic N) is 1. The molecular weight excluding hydrogens is 274 g/mol. The molecule has 1 aliphatic rings. The molecule has 1 unspecified atom stereocenters. The largest absolute Gasteiger partial charge is 0.338 e. The van der Waals surface area contributed by atoms with Crippen molar-refractivity contribution >= 4 is 15.7 Å². The Kier molecular flexibility index (Phi) is 4.48. The molecule has 5 heteroatoms. The Labute approximate surface area is 120 Å². The number of amides is 1. The number of rotatable bonds is 3. The normalized spacial score (nSPS) is 19.9. The number of piperidine rings is 1. The summed E-state index contributed by atoms with van der Waals surface area (Å²) in [4.78, 5) is 14.5. The molecule has 1 aliphatic heterocycles. The molecule has 0 bridgehead atoms. The van der Waals surface area contributed by atoms with Crippen LogP contribution in [0.15, 0.2) is 29.2 Å². The number of benzene rings is 1. The van der Waals surface area contributed by atoms with E-state index in [-0.39, 0.29) is 10.8 Å². The highest BCUT2D eigenvalue weighted by Gasteiger charge is 2.26. The van der Waals surface area contributed by atoms with Crippen molar-refractivity contribution in [1.82, 2.24) is 4.90 Å². The van der Waals surface area contributed by atoms with Gasteiger partial charge in [0.05, 0.1) is 10.5 Å². The summed E-state index contributed by atoms with van der Waals surface area (Å²) in [7, 11) is -3.38. The SMILES string of the molecule is CCC1CCCN(C(=O)c2ccccc2S(C)(=O)=O)C1. The van der Waals surface area contributed by atoms with E-state index in [4.69, 9.17) is 0 Å². The van der Waals surface area contributed by atoms with Crippen LogP contribution in [0.3, 0.4) is 0 Å². The van der Waals surface area contributed by atoms with Gasteiger partial charge in [-0.3, -0.25) is 4.79 Å². The molecule has 0 radical (unpaired) electrons. The molecule has 2 rings (SSSR count). The highest BCUT2D eigenvalue weighted by atomic mass is 32.2. The topological polar surface area (TPSA) is 54.5 Å². The van der Waals surface area contributed by atoms with Crippen molar-refractivity contribution in [3.05, 3.63) is 29.8 Å². The molecule has 1 fully saturated rings. The van der Waals surface area contributed by atoms with Crippen LogP contribution in [-0.2, 0) is 9.84 Å². The van der Waals surface area contributed by atoms with Gasteiger partial charge in [-0.2, -0.15) is 0 Å². The van der Waals surface area contributed by atoms with Crippen LogP contribution < -0.4 is 0 Å². The Morgan fingerprint density at radius 2 is 2.05 bits per heavy atom. The smallest absolute Gasteiger partial charge is 0.255 e. The maximum Gasteiger partial charge on any atom is 0.255 e. The summed E-state index contributed by atoms with van der Waals surface area (Å²) in [5.41, 5.74) is 0.298. The van der Waals surface area contributed by atoms with Gasteiger partial charge in [0.25, 0.3) is 5.91 Å². The first-order valence-electron chi connectivity index (χ1n) is 7.02. The summed E-state index contributed by atoms with van der Waals surface area (Å²) >= 11 is 0. The third-order valence-electron chi connectivity index (χ3n) is 3.90. The van der Waals surface area contributed by atoms with Crippen molar-refractivity contribution in [2.75, 3.05) is 19.3 Å². The summed E-state index contributed by atoms with van der Waals surface area (Å²) in [6.45, 7) is 3.57. The predicted octanol–water partition coefficient (Wildman–Crippen LogP) is 2.35. The van der Waals surface area contributed by atoms with Crippen LogP contribution in [0, 0.1) is 5.92 Å². The predicted molar refractivity (Wildman–Crippen MR) is 78.5 cm³/mol. The molecule has 0 aromatic heterocycles. The second-order valence-corrected chi connectivity index (χ2v) is 7.42. The molecule has 1 amide bonds. The second-order valence-electron chi connectivity index (χ2n) is 5.44. The van der Waals surface area contributed by atoms with Crippen LogP contribution in [0.2, 0.25) is 0 Å². The first-order valence-corrected chi connectivity index (χ1v) is 8.91. The molecule has 1 saturated heterocycles. The maximum absolute atomic E-state index is 12.6. The highest BCUT2D eigenvalue weighted by Crippen LogP contribution is 2.23. The van der Waals surface area contributed by atoms with Gasteiger partial charge in [-0.15, -0.1) is 0 Å². The Morgan fingerprint density at radius 1 is 1.35 bits per heavy atom. The summed E-state index contributed by atoms with van der Waals surface area (Å²) in [5.74, 6) is 0.363. The average molecular weight is 295 g/mol. The number of hydrogen-bond donors (Lipinski definition) is 0. The van der Waals surface area contributed by atoms with Gasteiger partial charge in [-0.25, -0.2) is 8.42 Å². The van der Waals surface area contributed by atoms with Gasteiger partial charge in [-0.05, 0) is 30.9 Å². The molecule has 0 N–H and O–H groups in total. The van der Waals surface area contributed by atoms with E-state index in [0.29, 0.717) is 18.0 Å². The van der Waals surface area contributed by atoms with E-state index in [1.807, 2.05) is 0 Å². The van der Waals surface area contributed by atoms with Gasteiger partial charge < -0.3 is 4.90 Å². The van der Waals surface area contributed by atoms with E-state index in [0.717, 1.165) is 32.1 Å². The average Bonchev–Trinajstić information content (AvgIpc) is 2.45. The lowest BCUT2D eigenvalue weighted by atomic mass is 9.95. The summed E-state index contributed by atoms with van der Waals surface area (Å²) in [5, 5.41) is 0. The van der Waals surface area contributed by atoms with Gasteiger partial charge in [0.2, 0.25) is 0 Å². The Hall–Kier alpha value is -1.36. The molecule has 0 spiro atoms. The van der Waals surface area contributed by atoms with Gasteiger partial charge in [0.15, 0.2) is 9.84 Å². The summed E-state index contributed by atoms with van der Waals surface area (Å²) in [6, 6.07) is 6.47.